The van der Waals surface area contributed by atoms with Crippen molar-refractivity contribution >= 4 is 0 Å². The van der Waals surface area contributed by atoms with Crippen molar-refractivity contribution in [2.75, 3.05) is 13.6 Å². The highest BCUT2D eigenvalue weighted by molar-refractivity contribution is 4.77. The molecule has 0 aliphatic heterocycles. The Hall–Kier alpha value is -0.0400. The van der Waals surface area contributed by atoms with Gasteiger partial charge in [0, 0.05) is 0 Å². The van der Waals surface area contributed by atoms with Gasteiger partial charge in [0.1, 0.15) is 0 Å². The van der Waals surface area contributed by atoms with Crippen molar-refractivity contribution in [3.05, 3.63) is 0 Å². The van der Waals surface area contributed by atoms with Gasteiger partial charge in [0.25, 0.3) is 0 Å². The fourth-order valence-electron chi connectivity index (χ4n) is 3.53. The Morgan fingerprint density at radius 1 is 0.789 bits per heavy atom. The van der Waals surface area contributed by atoms with Crippen LogP contribution in [0.4, 0.5) is 0 Å². The van der Waals surface area contributed by atoms with Crippen molar-refractivity contribution in [3.8, 4) is 0 Å². The molecule has 116 valence electrons. The van der Waals surface area contributed by atoms with Crippen molar-refractivity contribution in [2.24, 2.45) is 23.7 Å². The van der Waals surface area contributed by atoms with Gasteiger partial charge in [-0.15, -0.1) is 0 Å². The zero-order valence-corrected chi connectivity index (χ0v) is 14.5. The van der Waals surface area contributed by atoms with Crippen LogP contribution in [0.3, 0.4) is 0 Å². The summed E-state index contributed by atoms with van der Waals surface area (Å²) in [5.74, 6) is 3.66. The normalized spacial score (nSPS) is 16.6. The highest BCUT2D eigenvalue weighted by Crippen LogP contribution is 2.35. The van der Waals surface area contributed by atoms with Gasteiger partial charge in [0.15, 0.2) is 0 Å². The molecule has 0 saturated heterocycles. The molecule has 0 rings (SSSR count). The third-order valence-corrected chi connectivity index (χ3v) is 4.76. The average Bonchev–Trinajstić information content (AvgIpc) is 2.40. The lowest BCUT2D eigenvalue weighted by atomic mass is 9.73. The van der Waals surface area contributed by atoms with E-state index in [2.05, 4.69) is 47.0 Å². The lowest BCUT2D eigenvalue weighted by Crippen LogP contribution is -2.27. The standard InChI is InChI=1S/C18H39N/c1-7-10-16(8-2)18(13-14-19-6)17(9-3)12-11-15(4)5/h15-19H,7-14H2,1-6H3. The lowest BCUT2D eigenvalue weighted by molar-refractivity contribution is 0.173. The Kier molecular flexibility index (Phi) is 11.7. The van der Waals surface area contributed by atoms with E-state index in [1.54, 1.807) is 0 Å². The second-order valence-corrected chi connectivity index (χ2v) is 6.65. The van der Waals surface area contributed by atoms with E-state index in [0.29, 0.717) is 0 Å². The smallest absolute Gasteiger partial charge is 0.00491 e. The highest BCUT2D eigenvalue weighted by Gasteiger charge is 2.26. The van der Waals surface area contributed by atoms with Gasteiger partial charge in [-0.3, -0.25) is 0 Å². The molecule has 3 atom stereocenters. The van der Waals surface area contributed by atoms with Crippen molar-refractivity contribution < 1.29 is 0 Å². The largest absolute Gasteiger partial charge is 0.320 e. The lowest BCUT2D eigenvalue weighted by Gasteiger charge is -2.33. The van der Waals surface area contributed by atoms with Crippen LogP contribution in [0, 0.1) is 23.7 Å². The van der Waals surface area contributed by atoms with Gasteiger partial charge in [-0.05, 0) is 50.1 Å². The van der Waals surface area contributed by atoms with Gasteiger partial charge in [-0.2, -0.15) is 0 Å². The third-order valence-electron chi connectivity index (χ3n) is 4.76. The summed E-state index contributed by atoms with van der Waals surface area (Å²) in [7, 11) is 2.09. The minimum Gasteiger partial charge on any atom is -0.320 e. The van der Waals surface area contributed by atoms with Crippen LogP contribution in [0.15, 0.2) is 0 Å². The summed E-state index contributed by atoms with van der Waals surface area (Å²) in [6, 6.07) is 0. The summed E-state index contributed by atoms with van der Waals surface area (Å²) in [4.78, 5) is 0. The maximum absolute atomic E-state index is 3.36. The minimum absolute atomic E-state index is 0.852. The van der Waals surface area contributed by atoms with E-state index in [-0.39, 0.29) is 0 Å². The summed E-state index contributed by atoms with van der Waals surface area (Å²) >= 11 is 0. The molecular weight excluding hydrogens is 230 g/mol. The van der Waals surface area contributed by atoms with Crippen LogP contribution >= 0.6 is 0 Å². The van der Waals surface area contributed by atoms with Crippen LogP contribution in [0.1, 0.15) is 79.6 Å². The van der Waals surface area contributed by atoms with Gasteiger partial charge in [-0.25, -0.2) is 0 Å². The molecule has 0 aliphatic rings. The summed E-state index contributed by atoms with van der Waals surface area (Å²) in [5, 5.41) is 3.36. The SMILES string of the molecule is CCCC(CC)C(CCNC)C(CC)CCC(C)C. The van der Waals surface area contributed by atoms with Crippen LogP contribution in [0.5, 0.6) is 0 Å². The van der Waals surface area contributed by atoms with E-state index >= 15 is 0 Å². The first-order valence-corrected chi connectivity index (χ1v) is 8.75. The molecule has 1 nitrogen and oxygen atoms in total. The van der Waals surface area contributed by atoms with Gasteiger partial charge < -0.3 is 5.32 Å². The van der Waals surface area contributed by atoms with Crippen LogP contribution in [-0.2, 0) is 0 Å². The van der Waals surface area contributed by atoms with E-state index in [4.69, 9.17) is 0 Å². The predicted octanol–water partition coefficient (Wildman–Crippen LogP) is 5.50. The molecule has 0 heterocycles. The second kappa shape index (κ2) is 11.8. The molecule has 0 aliphatic carbocycles. The Labute approximate surface area is 122 Å². The maximum atomic E-state index is 3.36. The summed E-state index contributed by atoms with van der Waals surface area (Å²) < 4.78 is 0. The second-order valence-electron chi connectivity index (χ2n) is 6.65. The topological polar surface area (TPSA) is 12.0 Å². The first-order valence-electron chi connectivity index (χ1n) is 8.75. The van der Waals surface area contributed by atoms with Crippen LogP contribution in [0.25, 0.3) is 0 Å². The quantitative estimate of drug-likeness (QED) is 0.493. The molecule has 0 aromatic heterocycles. The van der Waals surface area contributed by atoms with E-state index < -0.39 is 0 Å². The molecule has 0 radical (unpaired) electrons. The number of nitrogens with one attached hydrogen (secondary N) is 1. The van der Waals surface area contributed by atoms with Gasteiger partial charge in [-0.1, -0.05) is 66.7 Å². The van der Waals surface area contributed by atoms with E-state index in [1.807, 2.05) is 0 Å². The molecule has 19 heavy (non-hydrogen) atoms. The predicted molar refractivity (Wildman–Crippen MR) is 88.6 cm³/mol. The third kappa shape index (κ3) is 7.97. The summed E-state index contributed by atoms with van der Waals surface area (Å²) in [6.07, 6.45) is 9.69. The van der Waals surface area contributed by atoms with Crippen LogP contribution < -0.4 is 5.32 Å². The number of hydrogen-bond donors (Lipinski definition) is 1. The molecule has 0 bridgehead atoms. The Bertz CT molecular complexity index is 188. The van der Waals surface area contributed by atoms with Crippen molar-refractivity contribution in [2.45, 2.75) is 79.6 Å². The van der Waals surface area contributed by atoms with Gasteiger partial charge in [0.05, 0.1) is 0 Å². The van der Waals surface area contributed by atoms with E-state index in [9.17, 15) is 0 Å². The molecule has 0 saturated carbocycles. The van der Waals surface area contributed by atoms with Crippen molar-refractivity contribution in [3.63, 3.8) is 0 Å². The fraction of sp³-hybridized carbons (Fsp3) is 1.00. The van der Waals surface area contributed by atoms with E-state index in [0.717, 1.165) is 23.7 Å². The Balaban J connectivity index is 4.63. The Morgan fingerprint density at radius 2 is 1.37 bits per heavy atom. The molecule has 0 aromatic carbocycles. The first-order chi connectivity index (χ1) is 9.10. The maximum Gasteiger partial charge on any atom is -0.00491 e. The average molecular weight is 270 g/mol. The first kappa shape index (κ1) is 19.0. The van der Waals surface area contributed by atoms with Crippen molar-refractivity contribution in [1.82, 2.24) is 5.32 Å². The number of hydrogen-bond acceptors (Lipinski definition) is 1. The molecular formula is C18H39N. The monoisotopic (exact) mass is 269 g/mol. The zero-order chi connectivity index (χ0) is 14.7. The summed E-state index contributed by atoms with van der Waals surface area (Å²) in [5.41, 5.74) is 0. The van der Waals surface area contributed by atoms with Crippen LogP contribution in [-0.4, -0.2) is 13.6 Å². The van der Waals surface area contributed by atoms with Gasteiger partial charge in [0.2, 0.25) is 0 Å². The molecule has 0 aromatic rings. The molecule has 0 fully saturated rings. The Morgan fingerprint density at radius 3 is 1.79 bits per heavy atom. The van der Waals surface area contributed by atoms with Crippen LogP contribution in [0.2, 0.25) is 0 Å². The minimum atomic E-state index is 0.852. The van der Waals surface area contributed by atoms with E-state index in [1.165, 1.54) is 51.5 Å². The molecule has 1 heteroatoms. The molecule has 0 spiro atoms. The highest BCUT2D eigenvalue weighted by atomic mass is 14.8. The molecule has 0 amide bonds. The fourth-order valence-corrected chi connectivity index (χ4v) is 3.53. The summed E-state index contributed by atoms with van der Waals surface area (Å²) in [6.45, 7) is 13.0. The molecule has 3 unspecified atom stereocenters. The van der Waals surface area contributed by atoms with Gasteiger partial charge >= 0.3 is 0 Å². The zero-order valence-electron chi connectivity index (χ0n) is 14.5. The van der Waals surface area contributed by atoms with Crippen molar-refractivity contribution in [1.29, 1.82) is 0 Å². The molecule has 1 N–H and O–H groups in total. The number of rotatable bonds is 12.